The average molecular weight is 642 g/mol. The minimum absolute atomic E-state index is 0.193. The van der Waals surface area contributed by atoms with Gasteiger partial charge in [-0.15, -0.1) is 0 Å². The van der Waals surface area contributed by atoms with Gasteiger partial charge in [0.2, 0.25) is 6.71 Å². The quantitative estimate of drug-likeness (QED) is 0.179. The summed E-state index contributed by atoms with van der Waals surface area (Å²) in [7, 11) is 2.12. The lowest BCUT2D eigenvalue weighted by atomic mass is 9.27. The van der Waals surface area contributed by atoms with E-state index in [1.54, 1.807) is 11.8 Å². The molecule has 0 bridgehead atoms. The first kappa shape index (κ1) is 29.3. The van der Waals surface area contributed by atoms with Crippen LogP contribution in [0.25, 0.3) is 0 Å². The molecule has 48 heavy (non-hydrogen) atoms. The van der Waals surface area contributed by atoms with Crippen LogP contribution in [0.2, 0.25) is 0 Å². The predicted molar refractivity (Wildman–Crippen MR) is 200 cm³/mol. The molecule has 0 spiro atoms. The second-order valence-electron chi connectivity index (χ2n) is 14.2. The first-order valence-electron chi connectivity index (χ1n) is 16.7. The average Bonchev–Trinajstić information content (AvgIpc) is 3.09. The molecule has 5 heteroatoms. The van der Waals surface area contributed by atoms with Gasteiger partial charge in [-0.1, -0.05) is 129 Å². The summed E-state index contributed by atoms with van der Waals surface area (Å²) in [4.78, 5) is 4.65. The van der Waals surface area contributed by atoms with Crippen molar-refractivity contribution >= 4 is 46.2 Å². The molecule has 6 aromatic carbocycles. The molecule has 0 aliphatic carbocycles. The highest BCUT2D eigenvalue weighted by Crippen LogP contribution is 2.49. The van der Waals surface area contributed by atoms with Gasteiger partial charge in [0.25, 0.3) is 0 Å². The second kappa shape index (κ2) is 10.6. The van der Waals surface area contributed by atoms with Crippen LogP contribution in [0.1, 0.15) is 49.9 Å². The van der Waals surface area contributed by atoms with E-state index in [0.29, 0.717) is 11.5 Å². The molecule has 6 aromatic rings. The van der Waals surface area contributed by atoms with E-state index in [2.05, 4.69) is 137 Å². The van der Waals surface area contributed by atoms with Crippen molar-refractivity contribution in [3.63, 3.8) is 0 Å². The van der Waals surface area contributed by atoms with Gasteiger partial charge >= 0.3 is 0 Å². The van der Waals surface area contributed by atoms with Gasteiger partial charge in [-0.05, 0) is 76.9 Å². The lowest BCUT2D eigenvalue weighted by Crippen LogP contribution is -2.66. The van der Waals surface area contributed by atoms with Crippen molar-refractivity contribution in [1.82, 2.24) is 0 Å². The molecular weight excluding hydrogens is 605 g/mol. The van der Waals surface area contributed by atoms with Crippen LogP contribution in [-0.2, 0) is 10.8 Å². The monoisotopic (exact) mass is 641 g/mol. The first-order valence-corrected chi connectivity index (χ1v) is 17.5. The van der Waals surface area contributed by atoms with E-state index in [-0.39, 0.29) is 17.5 Å². The highest BCUT2D eigenvalue weighted by Gasteiger charge is 2.48. The molecule has 3 aliphatic rings. The van der Waals surface area contributed by atoms with E-state index in [9.17, 15) is 0 Å². The number of hydrogen-bond acceptors (Lipinski definition) is 4. The second-order valence-corrected chi connectivity index (χ2v) is 15.3. The first-order chi connectivity index (χ1) is 23.2. The molecule has 0 amide bonds. The lowest BCUT2D eigenvalue weighted by molar-refractivity contribution is 0.416. The summed E-state index contributed by atoms with van der Waals surface area (Å²) >= 11 is 1.78. The Morgan fingerprint density at radius 1 is 0.521 bits per heavy atom. The molecule has 3 aliphatic heterocycles. The smallest absolute Gasteiger partial charge is 0.242 e. The highest BCUT2D eigenvalue weighted by molar-refractivity contribution is 7.99. The number of hydrogen-bond donors (Lipinski definition) is 0. The molecule has 0 N–H and O–H groups in total. The SMILES string of the molecule is CN1c2ccccc2Sc2cc(Oc3ccccc3Oc3cc4c5c(c3)C(C)(C)c3ccccc3B5c3ccccc3C4(C)C)ccc21. The van der Waals surface area contributed by atoms with Crippen molar-refractivity contribution in [1.29, 1.82) is 0 Å². The number of anilines is 2. The van der Waals surface area contributed by atoms with Crippen LogP contribution in [0, 0.1) is 0 Å². The van der Waals surface area contributed by atoms with E-state index in [1.807, 2.05) is 30.3 Å². The van der Waals surface area contributed by atoms with Gasteiger partial charge in [0.15, 0.2) is 11.5 Å². The molecule has 234 valence electrons. The Bertz CT molecular complexity index is 2190. The fourth-order valence-corrected chi connectivity index (χ4v) is 9.47. The van der Waals surface area contributed by atoms with E-state index >= 15 is 0 Å². The van der Waals surface area contributed by atoms with Crippen molar-refractivity contribution in [3.05, 3.63) is 150 Å². The third kappa shape index (κ3) is 4.30. The number of ether oxygens (including phenoxy) is 2. The van der Waals surface area contributed by atoms with Gasteiger partial charge in [0, 0.05) is 27.7 Å². The molecule has 0 radical (unpaired) electrons. The van der Waals surface area contributed by atoms with Crippen LogP contribution in [0.5, 0.6) is 23.0 Å². The third-order valence-corrected chi connectivity index (χ3v) is 11.8. The molecule has 0 saturated carbocycles. The number of fused-ring (bicyclic) bond motifs is 6. The van der Waals surface area contributed by atoms with Gasteiger partial charge in [-0.3, -0.25) is 0 Å². The molecule has 0 atom stereocenters. The highest BCUT2D eigenvalue weighted by atomic mass is 32.2. The number of nitrogens with zero attached hydrogens (tertiary/aromatic N) is 1. The van der Waals surface area contributed by atoms with Crippen molar-refractivity contribution < 1.29 is 9.47 Å². The standard InChI is InChI=1S/C43H36BNO2S/c1-42(2)29-14-6-8-16-33(29)44-34-17-9-7-15-30(34)43(3,4)32-25-28(24-31(42)41(32)44)47-38-20-12-11-19-37(38)46-27-22-23-36-40(26-27)48-39-21-13-10-18-35(39)45(36)5/h6-26H,1-5H3. The van der Waals surface area contributed by atoms with Crippen LogP contribution in [-0.4, -0.2) is 13.8 Å². The van der Waals surface area contributed by atoms with Gasteiger partial charge in [0.05, 0.1) is 11.4 Å². The number of para-hydroxylation sites is 3. The third-order valence-electron chi connectivity index (χ3n) is 10.7. The zero-order valence-corrected chi connectivity index (χ0v) is 28.7. The van der Waals surface area contributed by atoms with Gasteiger partial charge in [-0.25, -0.2) is 0 Å². The predicted octanol–water partition coefficient (Wildman–Crippen LogP) is 9.30. The maximum atomic E-state index is 6.85. The summed E-state index contributed by atoms with van der Waals surface area (Å²) in [5.41, 5.74) is 11.7. The topological polar surface area (TPSA) is 21.7 Å². The molecular formula is C43H36BNO2S. The minimum Gasteiger partial charge on any atom is -0.453 e. The number of rotatable bonds is 4. The maximum absolute atomic E-state index is 6.85. The summed E-state index contributed by atoms with van der Waals surface area (Å²) in [6.45, 7) is 9.62. The van der Waals surface area contributed by atoms with E-state index in [0.717, 1.165) is 11.5 Å². The molecule has 3 heterocycles. The van der Waals surface area contributed by atoms with E-state index in [4.69, 9.17) is 9.47 Å². The normalized spacial score (nSPS) is 15.8. The van der Waals surface area contributed by atoms with Crippen LogP contribution >= 0.6 is 11.8 Å². The summed E-state index contributed by atoms with van der Waals surface area (Å²) in [5.74, 6) is 2.99. The van der Waals surface area contributed by atoms with Crippen LogP contribution in [0.4, 0.5) is 11.4 Å². The largest absolute Gasteiger partial charge is 0.453 e. The van der Waals surface area contributed by atoms with Crippen molar-refractivity contribution in [2.45, 2.75) is 48.3 Å². The van der Waals surface area contributed by atoms with Crippen molar-refractivity contribution in [2.24, 2.45) is 0 Å². The van der Waals surface area contributed by atoms with Crippen LogP contribution in [0.15, 0.2) is 137 Å². The molecule has 9 rings (SSSR count). The summed E-state index contributed by atoms with van der Waals surface area (Å²) in [6.07, 6.45) is 0. The van der Waals surface area contributed by atoms with Gasteiger partial charge in [0.1, 0.15) is 11.5 Å². The molecule has 0 aromatic heterocycles. The molecule has 0 saturated heterocycles. The van der Waals surface area contributed by atoms with Gasteiger partial charge in [-0.2, -0.15) is 0 Å². The van der Waals surface area contributed by atoms with Crippen molar-refractivity contribution in [3.8, 4) is 23.0 Å². The summed E-state index contributed by atoms with van der Waals surface area (Å²) in [5, 5.41) is 0. The number of benzene rings is 6. The maximum Gasteiger partial charge on any atom is 0.242 e. The Morgan fingerprint density at radius 2 is 1.04 bits per heavy atom. The Labute approximate surface area is 287 Å². The Hall–Kier alpha value is -4.87. The molecule has 0 fully saturated rings. The summed E-state index contributed by atoms with van der Waals surface area (Å²) in [6, 6.07) is 45.4. The molecule has 3 nitrogen and oxygen atoms in total. The zero-order valence-electron chi connectivity index (χ0n) is 27.9. The molecule has 0 unspecified atom stereocenters. The van der Waals surface area contributed by atoms with Crippen LogP contribution in [0.3, 0.4) is 0 Å². The zero-order chi connectivity index (χ0) is 32.8. The Kier molecular flexibility index (Phi) is 6.45. The minimum atomic E-state index is -0.193. The fourth-order valence-electron chi connectivity index (χ4n) is 8.29. The summed E-state index contributed by atoms with van der Waals surface area (Å²) < 4.78 is 13.4. The fraction of sp³-hybridized carbons (Fsp3) is 0.163. The lowest BCUT2D eigenvalue weighted by Gasteiger charge is -2.46. The Balaban J connectivity index is 1.12. The van der Waals surface area contributed by atoms with Crippen LogP contribution < -0.4 is 30.8 Å². The van der Waals surface area contributed by atoms with E-state index < -0.39 is 0 Å². The van der Waals surface area contributed by atoms with E-state index in [1.165, 1.54) is 59.8 Å². The Morgan fingerprint density at radius 3 is 1.69 bits per heavy atom. The van der Waals surface area contributed by atoms with Crippen molar-refractivity contribution in [2.75, 3.05) is 11.9 Å². The van der Waals surface area contributed by atoms with Gasteiger partial charge < -0.3 is 14.4 Å².